The maximum absolute atomic E-state index is 13.2. The van der Waals surface area contributed by atoms with Crippen molar-refractivity contribution in [3.8, 4) is 5.75 Å². The van der Waals surface area contributed by atoms with Crippen molar-refractivity contribution in [1.29, 1.82) is 0 Å². The molecule has 0 atom stereocenters. The summed E-state index contributed by atoms with van der Waals surface area (Å²) in [6.07, 6.45) is 5.33. The second kappa shape index (κ2) is 11.1. The van der Waals surface area contributed by atoms with Crippen molar-refractivity contribution in [3.63, 3.8) is 0 Å². The lowest BCUT2D eigenvalue weighted by Crippen LogP contribution is -2.49. The molecule has 3 heterocycles. The zero-order valence-electron chi connectivity index (χ0n) is 20.2. The molecule has 2 N–H and O–H groups in total. The molecular weight excluding hydrogens is 452 g/mol. The highest BCUT2D eigenvalue weighted by atomic mass is 16.5. The number of carboxylic acid groups (broad SMARTS) is 1. The Morgan fingerprint density at radius 1 is 1.03 bits per heavy atom. The zero-order chi connectivity index (χ0) is 24.9. The van der Waals surface area contributed by atoms with Crippen LogP contribution in [-0.4, -0.2) is 85.1 Å². The van der Waals surface area contributed by atoms with Gasteiger partial charge in [-0.15, -0.1) is 0 Å². The number of methoxy groups -OCH3 is 1. The number of amides is 4. The number of ether oxygens (including phenoxy) is 1. The summed E-state index contributed by atoms with van der Waals surface area (Å²) in [5.41, 5.74) is 0.974. The molecule has 0 unspecified atom stereocenters. The Morgan fingerprint density at radius 2 is 1.69 bits per heavy atom. The molecule has 3 aliphatic rings. The van der Waals surface area contributed by atoms with E-state index >= 15 is 0 Å². The van der Waals surface area contributed by atoms with E-state index in [0.29, 0.717) is 41.9 Å². The zero-order valence-corrected chi connectivity index (χ0v) is 20.2. The van der Waals surface area contributed by atoms with Gasteiger partial charge in [0.15, 0.2) is 0 Å². The largest absolute Gasteiger partial charge is 0.495 e. The van der Waals surface area contributed by atoms with Crippen LogP contribution in [0.5, 0.6) is 5.75 Å². The highest BCUT2D eigenvalue weighted by molar-refractivity contribution is 6.07. The fourth-order valence-electron chi connectivity index (χ4n) is 5.43. The molecule has 1 aromatic rings. The van der Waals surface area contributed by atoms with E-state index in [0.717, 1.165) is 45.2 Å². The number of carbonyl (C=O) groups is 4. The Labute approximate surface area is 205 Å². The number of urea groups is 1. The average molecular weight is 487 g/mol. The molecule has 0 bridgehead atoms. The van der Waals surface area contributed by atoms with Crippen LogP contribution in [-0.2, 0) is 9.59 Å². The molecule has 0 radical (unpaired) electrons. The van der Waals surface area contributed by atoms with Gasteiger partial charge in [0, 0.05) is 31.6 Å². The highest BCUT2D eigenvalue weighted by Crippen LogP contribution is 2.33. The smallest absolute Gasteiger partial charge is 0.328 e. The molecule has 10 nitrogen and oxygen atoms in total. The van der Waals surface area contributed by atoms with Gasteiger partial charge < -0.3 is 14.7 Å². The van der Waals surface area contributed by atoms with E-state index in [-0.39, 0.29) is 31.3 Å². The first-order valence-electron chi connectivity index (χ1n) is 12.4. The number of anilines is 1. The number of aliphatic carboxylic acids is 1. The number of imide groups is 1. The minimum Gasteiger partial charge on any atom is -0.495 e. The quantitative estimate of drug-likeness (QED) is 0.606. The van der Waals surface area contributed by atoms with Crippen molar-refractivity contribution in [2.24, 2.45) is 11.8 Å². The Kier molecular flexibility index (Phi) is 7.90. The topological polar surface area (TPSA) is 119 Å². The van der Waals surface area contributed by atoms with Crippen LogP contribution in [0.2, 0.25) is 0 Å². The molecule has 3 saturated heterocycles. The highest BCUT2D eigenvalue weighted by Gasteiger charge is 2.30. The normalized spacial score (nSPS) is 20.6. The number of rotatable bonds is 7. The number of hydrogen-bond donors (Lipinski definition) is 2. The third kappa shape index (κ3) is 6.11. The molecule has 3 fully saturated rings. The predicted molar refractivity (Wildman–Crippen MR) is 129 cm³/mol. The summed E-state index contributed by atoms with van der Waals surface area (Å²) in [5, 5.41) is 11.3. The maximum atomic E-state index is 13.2. The summed E-state index contributed by atoms with van der Waals surface area (Å²) in [6, 6.07) is 4.57. The number of carboxylic acids is 1. The van der Waals surface area contributed by atoms with E-state index in [2.05, 4.69) is 5.32 Å². The first kappa shape index (κ1) is 25.0. The minimum atomic E-state index is -0.765. The molecule has 10 heteroatoms. The molecular formula is C25H34N4O6. The standard InChI is InChI=1S/C25H34N4O6/c1-35-21-3-2-19(15-20(21)29-13-8-22(30)26-25(29)34)24(33)28-11-6-18(7-12-28)14-17-4-9-27(10-5-17)16-23(31)32/h2-3,15,17-18H,4-14,16H2,1H3,(H,31,32)(H,26,30,34). The van der Waals surface area contributed by atoms with Crippen molar-refractivity contribution in [3.05, 3.63) is 23.8 Å². The van der Waals surface area contributed by atoms with Crippen molar-refractivity contribution >= 4 is 29.5 Å². The van der Waals surface area contributed by atoms with E-state index in [4.69, 9.17) is 9.84 Å². The Morgan fingerprint density at radius 3 is 2.29 bits per heavy atom. The van der Waals surface area contributed by atoms with Crippen LogP contribution in [0.25, 0.3) is 0 Å². The number of carbonyl (C=O) groups excluding carboxylic acids is 3. The lowest BCUT2D eigenvalue weighted by atomic mass is 9.82. The van der Waals surface area contributed by atoms with Crippen LogP contribution in [0.15, 0.2) is 18.2 Å². The Bertz CT molecular complexity index is 967. The predicted octanol–water partition coefficient (Wildman–Crippen LogP) is 2.18. The molecule has 0 saturated carbocycles. The number of nitrogens with one attached hydrogen (secondary N) is 1. The number of benzene rings is 1. The first-order chi connectivity index (χ1) is 16.8. The Hall–Kier alpha value is -3.14. The summed E-state index contributed by atoms with van der Waals surface area (Å²) in [7, 11) is 1.51. The first-order valence-corrected chi connectivity index (χ1v) is 12.4. The average Bonchev–Trinajstić information content (AvgIpc) is 2.85. The summed E-state index contributed by atoms with van der Waals surface area (Å²) < 4.78 is 5.40. The van der Waals surface area contributed by atoms with E-state index in [1.165, 1.54) is 12.0 Å². The Balaban J connectivity index is 1.32. The second-order valence-corrected chi connectivity index (χ2v) is 9.73. The third-order valence-corrected chi connectivity index (χ3v) is 7.41. The molecule has 190 valence electrons. The second-order valence-electron chi connectivity index (χ2n) is 9.73. The SMILES string of the molecule is COc1ccc(C(=O)N2CCC(CC3CCN(CC(=O)O)CC3)CC2)cc1N1CCC(=O)NC1=O. The van der Waals surface area contributed by atoms with Crippen LogP contribution in [0, 0.1) is 11.8 Å². The molecule has 0 spiro atoms. The van der Waals surface area contributed by atoms with Crippen LogP contribution in [0.4, 0.5) is 10.5 Å². The lowest BCUT2D eigenvalue weighted by molar-refractivity contribution is -0.138. The van der Waals surface area contributed by atoms with Crippen LogP contribution >= 0.6 is 0 Å². The monoisotopic (exact) mass is 486 g/mol. The summed E-state index contributed by atoms with van der Waals surface area (Å²) in [5.74, 6) is 0.530. The van der Waals surface area contributed by atoms with Gasteiger partial charge in [0.05, 0.1) is 19.3 Å². The van der Waals surface area contributed by atoms with Gasteiger partial charge in [0.1, 0.15) is 5.75 Å². The molecule has 35 heavy (non-hydrogen) atoms. The van der Waals surface area contributed by atoms with Crippen molar-refractivity contribution in [2.45, 2.75) is 38.5 Å². The molecule has 4 rings (SSSR count). The van der Waals surface area contributed by atoms with E-state index in [1.807, 2.05) is 9.80 Å². The summed E-state index contributed by atoms with van der Waals surface area (Å²) in [6.45, 7) is 3.44. The van der Waals surface area contributed by atoms with Gasteiger partial charge in [-0.2, -0.15) is 0 Å². The fourth-order valence-corrected chi connectivity index (χ4v) is 5.43. The molecule has 1 aromatic carbocycles. The number of hydrogen-bond acceptors (Lipinski definition) is 6. The van der Waals surface area contributed by atoms with Gasteiger partial charge in [0.2, 0.25) is 5.91 Å². The summed E-state index contributed by atoms with van der Waals surface area (Å²) >= 11 is 0. The van der Waals surface area contributed by atoms with E-state index < -0.39 is 12.0 Å². The molecule has 0 aliphatic carbocycles. The van der Waals surface area contributed by atoms with Crippen LogP contribution < -0.4 is 15.0 Å². The van der Waals surface area contributed by atoms with Crippen molar-refractivity contribution in [2.75, 3.05) is 51.3 Å². The minimum absolute atomic E-state index is 0.0668. The van der Waals surface area contributed by atoms with Gasteiger partial charge in [-0.3, -0.25) is 29.5 Å². The van der Waals surface area contributed by atoms with Crippen LogP contribution in [0.3, 0.4) is 0 Å². The van der Waals surface area contributed by atoms with Gasteiger partial charge in [-0.25, -0.2) is 4.79 Å². The van der Waals surface area contributed by atoms with Crippen molar-refractivity contribution in [1.82, 2.24) is 15.1 Å². The molecule has 4 amide bonds. The van der Waals surface area contributed by atoms with Gasteiger partial charge in [-0.1, -0.05) is 0 Å². The van der Waals surface area contributed by atoms with Crippen LogP contribution in [0.1, 0.15) is 48.9 Å². The number of likely N-dealkylation sites (tertiary alicyclic amines) is 2. The number of nitrogens with zero attached hydrogens (tertiary/aromatic N) is 3. The third-order valence-electron chi connectivity index (χ3n) is 7.41. The van der Waals surface area contributed by atoms with Gasteiger partial charge >= 0.3 is 12.0 Å². The van der Waals surface area contributed by atoms with Gasteiger partial charge in [-0.05, 0) is 75.2 Å². The van der Waals surface area contributed by atoms with Gasteiger partial charge in [0.25, 0.3) is 5.91 Å². The fraction of sp³-hybridized carbons (Fsp3) is 0.600. The van der Waals surface area contributed by atoms with E-state index in [9.17, 15) is 19.2 Å². The molecule has 0 aromatic heterocycles. The lowest BCUT2D eigenvalue weighted by Gasteiger charge is -2.36. The number of piperidine rings is 2. The van der Waals surface area contributed by atoms with Crippen molar-refractivity contribution < 1.29 is 29.0 Å². The van der Waals surface area contributed by atoms with E-state index in [1.54, 1.807) is 18.2 Å². The summed E-state index contributed by atoms with van der Waals surface area (Å²) in [4.78, 5) is 53.3. The maximum Gasteiger partial charge on any atom is 0.328 e. The molecule has 3 aliphatic heterocycles.